The fraction of sp³-hybridized carbons (Fsp3) is 0.938. The van der Waals surface area contributed by atoms with Crippen LogP contribution in [0.25, 0.3) is 0 Å². The highest BCUT2D eigenvalue weighted by Gasteiger charge is 2.20. The van der Waals surface area contributed by atoms with Gasteiger partial charge in [0.05, 0.1) is 0 Å². The molecule has 0 aromatic heterocycles. The zero-order valence-corrected chi connectivity index (χ0v) is 13.0. The van der Waals surface area contributed by atoms with Gasteiger partial charge in [-0.15, -0.1) is 0 Å². The highest BCUT2D eigenvalue weighted by Crippen LogP contribution is 2.27. The summed E-state index contributed by atoms with van der Waals surface area (Å²) < 4.78 is 0. The largest absolute Gasteiger partial charge is 0.356 e. The molecule has 3 heteroatoms. The standard InChI is InChI=1S/C16H32N2O/c1-12(2)7-15(10-17)9-16(19)18-11-14-6-4-5-13(3)8-14/h12-15H,4-11,17H2,1-3H3,(H,18,19)/t13?,14?,15-/m0/s1. The van der Waals surface area contributed by atoms with E-state index in [0.717, 1.165) is 18.9 Å². The Morgan fingerprint density at radius 3 is 2.68 bits per heavy atom. The molecule has 0 aromatic carbocycles. The van der Waals surface area contributed by atoms with Crippen molar-refractivity contribution in [3.8, 4) is 0 Å². The van der Waals surface area contributed by atoms with Gasteiger partial charge in [-0.05, 0) is 49.5 Å². The molecule has 2 unspecified atom stereocenters. The van der Waals surface area contributed by atoms with E-state index in [4.69, 9.17) is 5.73 Å². The van der Waals surface area contributed by atoms with Crippen LogP contribution in [0.1, 0.15) is 59.3 Å². The number of carbonyl (C=O) groups is 1. The van der Waals surface area contributed by atoms with Crippen molar-refractivity contribution >= 4 is 5.91 Å². The second-order valence-electron chi connectivity index (χ2n) is 6.88. The highest BCUT2D eigenvalue weighted by molar-refractivity contribution is 5.76. The average Bonchev–Trinajstić information content (AvgIpc) is 2.35. The first-order valence-electron chi connectivity index (χ1n) is 7.98. The first-order chi connectivity index (χ1) is 9.01. The maximum atomic E-state index is 12.0. The van der Waals surface area contributed by atoms with Crippen molar-refractivity contribution in [3.63, 3.8) is 0 Å². The van der Waals surface area contributed by atoms with Crippen molar-refractivity contribution in [2.24, 2.45) is 29.4 Å². The molecule has 0 aromatic rings. The fourth-order valence-electron chi connectivity index (χ4n) is 3.27. The second kappa shape index (κ2) is 8.57. The van der Waals surface area contributed by atoms with Crippen molar-refractivity contribution in [3.05, 3.63) is 0 Å². The summed E-state index contributed by atoms with van der Waals surface area (Å²) in [6.45, 7) is 8.17. The third-order valence-corrected chi connectivity index (χ3v) is 4.25. The molecular formula is C16H32N2O. The van der Waals surface area contributed by atoms with Gasteiger partial charge in [0.25, 0.3) is 0 Å². The van der Waals surface area contributed by atoms with Gasteiger partial charge in [-0.2, -0.15) is 0 Å². The zero-order valence-electron chi connectivity index (χ0n) is 13.0. The van der Waals surface area contributed by atoms with Crippen LogP contribution in [0.4, 0.5) is 0 Å². The number of hydrogen-bond acceptors (Lipinski definition) is 2. The van der Waals surface area contributed by atoms with Gasteiger partial charge in [0, 0.05) is 13.0 Å². The topological polar surface area (TPSA) is 55.1 Å². The molecule has 3 N–H and O–H groups in total. The zero-order chi connectivity index (χ0) is 14.3. The van der Waals surface area contributed by atoms with Crippen LogP contribution in [-0.4, -0.2) is 19.0 Å². The van der Waals surface area contributed by atoms with Crippen molar-refractivity contribution < 1.29 is 4.79 Å². The van der Waals surface area contributed by atoms with E-state index in [9.17, 15) is 4.79 Å². The number of rotatable bonds is 7. The van der Waals surface area contributed by atoms with E-state index < -0.39 is 0 Å². The van der Waals surface area contributed by atoms with Gasteiger partial charge in [-0.1, -0.05) is 33.6 Å². The van der Waals surface area contributed by atoms with Crippen LogP contribution in [0.2, 0.25) is 0 Å². The molecule has 1 fully saturated rings. The van der Waals surface area contributed by atoms with Gasteiger partial charge in [0.2, 0.25) is 5.91 Å². The molecule has 0 radical (unpaired) electrons. The SMILES string of the molecule is CC(C)C[C@H](CN)CC(=O)NCC1CCCC(C)C1. The normalized spacial score (nSPS) is 25.3. The minimum atomic E-state index is 0.189. The Labute approximate surface area is 118 Å². The van der Waals surface area contributed by atoms with Crippen LogP contribution in [0, 0.1) is 23.7 Å². The maximum Gasteiger partial charge on any atom is 0.220 e. The van der Waals surface area contributed by atoms with E-state index in [2.05, 4.69) is 26.1 Å². The Morgan fingerprint density at radius 2 is 2.11 bits per heavy atom. The molecule has 0 spiro atoms. The molecule has 1 amide bonds. The Morgan fingerprint density at radius 1 is 1.37 bits per heavy atom. The number of carbonyl (C=O) groups excluding carboxylic acids is 1. The van der Waals surface area contributed by atoms with Crippen LogP contribution in [-0.2, 0) is 4.79 Å². The van der Waals surface area contributed by atoms with Crippen LogP contribution < -0.4 is 11.1 Å². The highest BCUT2D eigenvalue weighted by atomic mass is 16.1. The summed E-state index contributed by atoms with van der Waals surface area (Å²) in [5.74, 6) is 2.66. The summed E-state index contributed by atoms with van der Waals surface area (Å²) in [6.07, 6.45) is 6.86. The lowest BCUT2D eigenvalue weighted by molar-refractivity contribution is -0.122. The van der Waals surface area contributed by atoms with Crippen molar-refractivity contribution in [2.75, 3.05) is 13.1 Å². The predicted molar refractivity (Wildman–Crippen MR) is 80.7 cm³/mol. The molecule has 19 heavy (non-hydrogen) atoms. The first-order valence-corrected chi connectivity index (χ1v) is 7.98. The van der Waals surface area contributed by atoms with E-state index in [1.165, 1.54) is 25.7 Å². The molecule has 0 saturated heterocycles. The van der Waals surface area contributed by atoms with E-state index in [-0.39, 0.29) is 5.91 Å². The minimum Gasteiger partial charge on any atom is -0.356 e. The summed E-state index contributed by atoms with van der Waals surface area (Å²) in [7, 11) is 0. The van der Waals surface area contributed by atoms with Gasteiger partial charge in [0.1, 0.15) is 0 Å². The van der Waals surface area contributed by atoms with Crippen molar-refractivity contribution in [1.29, 1.82) is 0 Å². The second-order valence-corrected chi connectivity index (χ2v) is 6.88. The lowest BCUT2D eigenvalue weighted by Crippen LogP contribution is -2.33. The number of nitrogens with one attached hydrogen (secondary N) is 1. The van der Waals surface area contributed by atoms with E-state index in [0.29, 0.717) is 30.7 Å². The van der Waals surface area contributed by atoms with E-state index >= 15 is 0 Å². The maximum absolute atomic E-state index is 12.0. The smallest absolute Gasteiger partial charge is 0.220 e. The molecule has 1 aliphatic rings. The third kappa shape index (κ3) is 6.95. The monoisotopic (exact) mass is 268 g/mol. The van der Waals surface area contributed by atoms with Crippen molar-refractivity contribution in [2.45, 2.75) is 59.3 Å². The average molecular weight is 268 g/mol. The number of hydrogen-bond donors (Lipinski definition) is 2. The lowest BCUT2D eigenvalue weighted by Gasteiger charge is -2.27. The summed E-state index contributed by atoms with van der Waals surface area (Å²) in [4.78, 5) is 12.0. The molecule has 0 aliphatic heterocycles. The fourth-order valence-corrected chi connectivity index (χ4v) is 3.27. The first kappa shape index (κ1) is 16.5. The molecule has 3 atom stereocenters. The van der Waals surface area contributed by atoms with Gasteiger partial charge >= 0.3 is 0 Å². The Hall–Kier alpha value is -0.570. The summed E-state index contributed by atoms with van der Waals surface area (Å²) in [5.41, 5.74) is 5.75. The summed E-state index contributed by atoms with van der Waals surface area (Å²) in [6, 6.07) is 0. The quantitative estimate of drug-likeness (QED) is 0.746. The molecule has 1 saturated carbocycles. The molecule has 3 nitrogen and oxygen atoms in total. The molecule has 1 aliphatic carbocycles. The van der Waals surface area contributed by atoms with E-state index in [1.807, 2.05) is 0 Å². The molecular weight excluding hydrogens is 236 g/mol. The van der Waals surface area contributed by atoms with Gasteiger partial charge in [-0.25, -0.2) is 0 Å². The Bertz CT molecular complexity index is 265. The molecule has 0 bridgehead atoms. The predicted octanol–water partition coefficient (Wildman–Crippen LogP) is 2.94. The minimum absolute atomic E-state index is 0.189. The van der Waals surface area contributed by atoms with Gasteiger partial charge in [-0.3, -0.25) is 4.79 Å². The van der Waals surface area contributed by atoms with Crippen LogP contribution in [0.3, 0.4) is 0 Å². The van der Waals surface area contributed by atoms with Gasteiger partial charge in [0.15, 0.2) is 0 Å². The Kier molecular flexibility index (Phi) is 7.44. The van der Waals surface area contributed by atoms with Crippen LogP contribution in [0.5, 0.6) is 0 Å². The summed E-state index contributed by atoms with van der Waals surface area (Å²) in [5, 5.41) is 3.12. The van der Waals surface area contributed by atoms with Crippen LogP contribution in [0.15, 0.2) is 0 Å². The summed E-state index contributed by atoms with van der Waals surface area (Å²) >= 11 is 0. The number of amides is 1. The molecule has 1 rings (SSSR count). The third-order valence-electron chi connectivity index (χ3n) is 4.25. The van der Waals surface area contributed by atoms with E-state index in [1.54, 1.807) is 0 Å². The lowest BCUT2D eigenvalue weighted by atomic mass is 9.82. The van der Waals surface area contributed by atoms with Crippen LogP contribution >= 0.6 is 0 Å². The molecule has 0 heterocycles. The number of nitrogens with two attached hydrogens (primary N) is 1. The molecule has 112 valence electrons. The van der Waals surface area contributed by atoms with Crippen molar-refractivity contribution in [1.82, 2.24) is 5.32 Å². The Balaban J connectivity index is 2.22. The van der Waals surface area contributed by atoms with Gasteiger partial charge < -0.3 is 11.1 Å².